The van der Waals surface area contributed by atoms with Gasteiger partial charge >= 0.3 is 12.4 Å². The average Bonchev–Trinajstić information content (AvgIpc) is 3.25. The van der Waals surface area contributed by atoms with Crippen molar-refractivity contribution in [1.82, 2.24) is 20.2 Å². The molecule has 1 atom stereocenters. The molecule has 0 radical (unpaired) electrons. The molecular formula is C21H26F3N7O4. The van der Waals surface area contributed by atoms with Crippen molar-refractivity contribution in [2.75, 3.05) is 36.8 Å². The molecule has 2 aromatic rings. The number of hydrogen-bond acceptors (Lipinski definition) is 7. The fraction of sp³-hybridized carbons (Fsp3) is 0.429. The van der Waals surface area contributed by atoms with Gasteiger partial charge in [0, 0.05) is 30.9 Å². The molecule has 1 aliphatic heterocycles. The number of hydrogen-bond donors (Lipinski definition) is 5. The Kier molecular flexibility index (Phi) is 8.65. The van der Waals surface area contributed by atoms with E-state index in [1.165, 1.54) is 24.4 Å². The highest BCUT2D eigenvalue weighted by Crippen LogP contribution is 2.29. The predicted octanol–water partition coefficient (Wildman–Crippen LogP) is 1.39. The first-order chi connectivity index (χ1) is 16.6. The molecule has 1 aromatic carbocycles. The van der Waals surface area contributed by atoms with Gasteiger partial charge < -0.3 is 31.0 Å². The van der Waals surface area contributed by atoms with E-state index in [0.717, 1.165) is 25.5 Å². The second kappa shape index (κ2) is 11.7. The summed E-state index contributed by atoms with van der Waals surface area (Å²) >= 11 is 0. The summed E-state index contributed by atoms with van der Waals surface area (Å²) in [5.41, 5.74) is 4.63. The number of halogens is 3. The van der Waals surface area contributed by atoms with Gasteiger partial charge in [0.25, 0.3) is 5.56 Å². The van der Waals surface area contributed by atoms with E-state index in [-0.39, 0.29) is 35.6 Å². The van der Waals surface area contributed by atoms with Crippen LogP contribution >= 0.6 is 0 Å². The molecule has 1 saturated heterocycles. The molecule has 1 fully saturated rings. The van der Waals surface area contributed by atoms with Gasteiger partial charge in [0.2, 0.25) is 11.9 Å². The van der Waals surface area contributed by atoms with Gasteiger partial charge in [-0.2, -0.15) is 4.98 Å². The van der Waals surface area contributed by atoms with Crippen molar-refractivity contribution in [3.63, 3.8) is 0 Å². The fourth-order valence-electron chi connectivity index (χ4n) is 3.49. The van der Waals surface area contributed by atoms with Crippen molar-refractivity contribution in [2.45, 2.75) is 31.7 Å². The van der Waals surface area contributed by atoms with Crippen LogP contribution in [0.25, 0.3) is 0 Å². The van der Waals surface area contributed by atoms with Crippen LogP contribution in [0, 0.1) is 0 Å². The van der Waals surface area contributed by atoms with Crippen LogP contribution in [0.3, 0.4) is 0 Å². The summed E-state index contributed by atoms with van der Waals surface area (Å²) in [6, 6.07) is 4.18. The molecule has 1 aliphatic rings. The second-order valence-electron chi connectivity index (χ2n) is 7.80. The van der Waals surface area contributed by atoms with E-state index in [1.807, 2.05) is 0 Å². The van der Waals surface area contributed by atoms with Crippen molar-refractivity contribution >= 4 is 23.6 Å². The van der Waals surface area contributed by atoms with Crippen LogP contribution in [0.4, 0.5) is 29.6 Å². The number of urea groups is 1. The smallest absolute Gasteiger partial charge is 0.404 e. The number of alkyl halides is 3. The SMILES string of the molecule is NCCCN[C@H]1CCN(C(=O)Cc2c[nH]c(NC(=O)Nc3ccccc3OC(F)(F)F)nc2=O)C1. The normalized spacial score (nSPS) is 15.7. The summed E-state index contributed by atoms with van der Waals surface area (Å²) in [5, 5.41) is 7.75. The highest BCUT2D eigenvalue weighted by Gasteiger charge is 2.32. The van der Waals surface area contributed by atoms with Crippen molar-refractivity contribution in [3.05, 3.63) is 46.4 Å². The summed E-state index contributed by atoms with van der Waals surface area (Å²) in [5.74, 6) is -1.08. The Morgan fingerprint density at radius 2 is 2.03 bits per heavy atom. The molecule has 6 N–H and O–H groups in total. The molecule has 3 amide bonds. The number of nitrogens with zero attached hydrogens (tertiary/aromatic N) is 2. The molecule has 14 heteroatoms. The molecule has 0 spiro atoms. The molecule has 0 bridgehead atoms. The highest BCUT2D eigenvalue weighted by atomic mass is 19.4. The van der Waals surface area contributed by atoms with E-state index >= 15 is 0 Å². The Labute approximate surface area is 198 Å². The van der Waals surface area contributed by atoms with Crippen LogP contribution < -0.4 is 32.0 Å². The summed E-state index contributed by atoms with van der Waals surface area (Å²) in [7, 11) is 0. The first kappa shape index (κ1) is 26.0. The number of benzene rings is 1. The average molecular weight is 497 g/mol. The summed E-state index contributed by atoms with van der Waals surface area (Å²) in [6.45, 7) is 2.47. The Morgan fingerprint density at radius 3 is 2.74 bits per heavy atom. The lowest BCUT2D eigenvalue weighted by Gasteiger charge is -2.17. The maximum absolute atomic E-state index is 12.6. The lowest BCUT2D eigenvalue weighted by molar-refractivity contribution is -0.274. The van der Waals surface area contributed by atoms with Crippen LogP contribution in [0.5, 0.6) is 5.75 Å². The van der Waals surface area contributed by atoms with Crippen LogP contribution in [0.2, 0.25) is 0 Å². The lowest BCUT2D eigenvalue weighted by atomic mass is 10.2. The zero-order chi connectivity index (χ0) is 25.4. The standard InChI is InChI=1S/C21H26F3N7O4/c22-21(23,24)35-16-5-2-1-4-15(16)28-20(34)30-19-27-11-13(18(33)29-19)10-17(32)31-9-6-14(12-31)26-8-3-7-25/h1-2,4-5,11,14,26H,3,6-10,12,25H2,(H3,27,28,29,30,33,34)/t14-/m0/s1. The van der Waals surface area contributed by atoms with Gasteiger partial charge in [0.05, 0.1) is 12.1 Å². The largest absolute Gasteiger partial charge is 0.573 e. The molecule has 3 rings (SSSR count). The number of nitrogens with one attached hydrogen (secondary N) is 4. The molecule has 0 unspecified atom stereocenters. The fourth-order valence-corrected chi connectivity index (χ4v) is 3.49. The van der Waals surface area contributed by atoms with E-state index in [9.17, 15) is 27.6 Å². The Bertz CT molecular complexity index is 1090. The molecular weight excluding hydrogens is 471 g/mol. The van der Waals surface area contributed by atoms with Gasteiger partial charge in [-0.3, -0.25) is 14.9 Å². The quantitative estimate of drug-likeness (QED) is 0.328. The number of carbonyl (C=O) groups is 2. The molecule has 35 heavy (non-hydrogen) atoms. The highest BCUT2D eigenvalue weighted by molar-refractivity contribution is 5.99. The topological polar surface area (TPSA) is 154 Å². The zero-order valence-electron chi connectivity index (χ0n) is 18.7. The maximum Gasteiger partial charge on any atom is 0.573 e. The minimum atomic E-state index is -4.94. The van der Waals surface area contributed by atoms with Crippen LogP contribution in [0.1, 0.15) is 18.4 Å². The number of ether oxygens (including phenoxy) is 1. The van der Waals surface area contributed by atoms with Crippen molar-refractivity contribution in [2.24, 2.45) is 5.73 Å². The summed E-state index contributed by atoms with van der Waals surface area (Å²) in [6.07, 6.45) is -2.19. The molecule has 1 aromatic heterocycles. The minimum Gasteiger partial charge on any atom is -0.404 e. The van der Waals surface area contributed by atoms with Crippen molar-refractivity contribution < 1.29 is 27.5 Å². The Morgan fingerprint density at radius 1 is 1.26 bits per heavy atom. The monoisotopic (exact) mass is 497 g/mol. The van der Waals surface area contributed by atoms with Crippen molar-refractivity contribution in [1.29, 1.82) is 0 Å². The number of rotatable bonds is 9. The summed E-state index contributed by atoms with van der Waals surface area (Å²) in [4.78, 5) is 45.0. The first-order valence-electron chi connectivity index (χ1n) is 10.9. The number of anilines is 2. The number of likely N-dealkylation sites (tertiary alicyclic amines) is 1. The number of amides is 3. The Balaban J connectivity index is 1.55. The van der Waals surface area contributed by atoms with Gasteiger partial charge in [-0.25, -0.2) is 4.79 Å². The van der Waals surface area contributed by atoms with E-state index < -0.39 is 23.7 Å². The molecule has 0 saturated carbocycles. The third-order valence-corrected chi connectivity index (χ3v) is 5.16. The molecule has 190 valence electrons. The number of H-pyrrole nitrogens is 1. The van der Waals surface area contributed by atoms with Gasteiger partial charge in [-0.15, -0.1) is 13.2 Å². The number of aromatic amines is 1. The van der Waals surface area contributed by atoms with Crippen LogP contribution in [-0.4, -0.2) is 65.4 Å². The second-order valence-corrected chi connectivity index (χ2v) is 7.80. The van der Waals surface area contributed by atoms with Gasteiger partial charge in [0.1, 0.15) is 0 Å². The molecule has 11 nitrogen and oxygen atoms in total. The summed E-state index contributed by atoms with van der Waals surface area (Å²) < 4.78 is 41.4. The number of nitrogens with two attached hydrogens (primary N) is 1. The number of para-hydroxylation sites is 2. The Hall–Kier alpha value is -3.65. The first-order valence-corrected chi connectivity index (χ1v) is 10.9. The number of carbonyl (C=O) groups excluding carboxylic acids is 2. The maximum atomic E-state index is 12.6. The van der Waals surface area contributed by atoms with Gasteiger partial charge in [0.15, 0.2) is 5.75 Å². The van der Waals surface area contributed by atoms with Gasteiger partial charge in [-0.1, -0.05) is 12.1 Å². The van der Waals surface area contributed by atoms with E-state index in [4.69, 9.17) is 5.73 Å². The zero-order valence-corrected chi connectivity index (χ0v) is 18.7. The molecule has 2 heterocycles. The van der Waals surface area contributed by atoms with E-state index in [1.54, 1.807) is 4.90 Å². The molecule has 0 aliphatic carbocycles. The lowest BCUT2D eigenvalue weighted by Crippen LogP contribution is -2.37. The van der Waals surface area contributed by atoms with E-state index in [0.29, 0.717) is 19.6 Å². The van der Waals surface area contributed by atoms with Gasteiger partial charge in [-0.05, 0) is 38.1 Å². The van der Waals surface area contributed by atoms with E-state index in [2.05, 4.69) is 30.7 Å². The third kappa shape index (κ3) is 7.96. The van der Waals surface area contributed by atoms with Crippen LogP contribution in [-0.2, 0) is 11.2 Å². The minimum absolute atomic E-state index is 0.115. The number of aromatic nitrogens is 2. The van der Waals surface area contributed by atoms with Crippen LogP contribution in [0.15, 0.2) is 35.3 Å². The third-order valence-electron chi connectivity index (χ3n) is 5.16. The van der Waals surface area contributed by atoms with Crippen molar-refractivity contribution in [3.8, 4) is 5.75 Å². The predicted molar refractivity (Wildman–Crippen MR) is 121 cm³/mol.